The molecule has 0 saturated carbocycles. The van der Waals surface area contributed by atoms with Crippen LogP contribution in [0.5, 0.6) is 11.5 Å². The molecule has 0 aliphatic carbocycles. The first-order valence-electron chi connectivity index (χ1n) is 7.66. The van der Waals surface area contributed by atoms with E-state index < -0.39 is 0 Å². The highest BCUT2D eigenvalue weighted by Gasteiger charge is 2.24. The number of benzene rings is 2. The molecule has 1 amide bonds. The summed E-state index contributed by atoms with van der Waals surface area (Å²) in [5, 5.41) is 13.0. The molecular formula is C18H14BrFN2O3S. The third-order valence-corrected chi connectivity index (χ3v) is 4.97. The maximum atomic E-state index is 13.0. The summed E-state index contributed by atoms with van der Waals surface area (Å²) in [5.41, 5.74) is 1.23. The number of hydrogen-bond donors (Lipinski definition) is 2. The minimum Gasteiger partial charge on any atom is -0.504 e. The van der Waals surface area contributed by atoms with Crippen LogP contribution >= 0.6 is 27.7 Å². The molecule has 26 heavy (non-hydrogen) atoms. The largest absolute Gasteiger partial charge is 0.504 e. The topological polar surface area (TPSA) is 70.9 Å². The summed E-state index contributed by atoms with van der Waals surface area (Å²) in [7, 11) is 0. The Labute approximate surface area is 162 Å². The van der Waals surface area contributed by atoms with E-state index in [1.54, 1.807) is 12.1 Å². The lowest BCUT2D eigenvalue weighted by molar-refractivity contribution is -0.115. The summed E-state index contributed by atoms with van der Waals surface area (Å²) >= 11 is 4.55. The molecule has 0 atom stereocenters. The molecule has 2 aromatic carbocycles. The third kappa shape index (κ3) is 4.25. The van der Waals surface area contributed by atoms with Gasteiger partial charge in [-0.1, -0.05) is 15.9 Å². The van der Waals surface area contributed by atoms with Crippen molar-refractivity contribution in [3.63, 3.8) is 0 Å². The van der Waals surface area contributed by atoms with Crippen LogP contribution in [0.4, 0.5) is 10.1 Å². The number of halogens is 2. The summed E-state index contributed by atoms with van der Waals surface area (Å²) in [6, 6.07) is 8.84. The van der Waals surface area contributed by atoms with E-state index in [9.17, 15) is 14.3 Å². The zero-order chi connectivity index (χ0) is 18.7. The van der Waals surface area contributed by atoms with Crippen molar-refractivity contribution < 1.29 is 19.0 Å². The Hall–Kier alpha value is -2.32. The number of phenolic OH excluding ortho intramolecular Hbond substituents is 1. The van der Waals surface area contributed by atoms with Crippen LogP contribution in [-0.4, -0.2) is 22.8 Å². The number of hydrogen-bond acceptors (Lipinski definition) is 5. The van der Waals surface area contributed by atoms with Crippen LogP contribution in [0.25, 0.3) is 6.08 Å². The van der Waals surface area contributed by atoms with Gasteiger partial charge in [-0.25, -0.2) is 9.38 Å². The molecule has 1 aliphatic rings. The van der Waals surface area contributed by atoms with Gasteiger partial charge in [-0.05, 0) is 66.7 Å². The second-order valence-electron chi connectivity index (χ2n) is 5.23. The van der Waals surface area contributed by atoms with Crippen molar-refractivity contribution in [2.75, 3.05) is 6.61 Å². The predicted molar refractivity (Wildman–Crippen MR) is 104 cm³/mol. The monoisotopic (exact) mass is 436 g/mol. The van der Waals surface area contributed by atoms with Crippen molar-refractivity contribution in [1.82, 2.24) is 5.32 Å². The average molecular weight is 437 g/mol. The molecule has 134 valence electrons. The molecule has 0 radical (unpaired) electrons. The van der Waals surface area contributed by atoms with Gasteiger partial charge in [0.25, 0.3) is 5.91 Å². The second kappa shape index (κ2) is 7.92. The minimum absolute atomic E-state index is 0.0166. The number of amidine groups is 1. The summed E-state index contributed by atoms with van der Waals surface area (Å²) in [6.07, 6.45) is 1.68. The van der Waals surface area contributed by atoms with E-state index in [0.717, 1.165) is 0 Å². The molecule has 5 nitrogen and oxygen atoms in total. The number of ether oxygens (including phenoxy) is 1. The van der Waals surface area contributed by atoms with E-state index in [-0.39, 0.29) is 17.5 Å². The fourth-order valence-corrected chi connectivity index (χ4v) is 3.47. The Morgan fingerprint density at radius 1 is 1.35 bits per heavy atom. The Kier molecular flexibility index (Phi) is 5.63. The van der Waals surface area contributed by atoms with Gasteiger partial charge in [-0.2, -0.15) is 0 Å². The number of aliphatic imine (C=N–C) groups is 1. The Morgan fingerprint density at radius 2 is 2.08 bits per heavy atom. The van der Waals surface area contributed by atoms with E-state index in [0.29, 0.717) is 38.2 Å². The Bertz CT molecular complexity index is 913. The van der Waals surface area contributed by atoms with Crippen molar-refractivity contribution in [1.29, 1.82) is 0 Å². The molecule has 2 N–H and O–H groups in total. The molecule has 3 rings (SSSR count). The molecule has 1 fully saturated rings. The van der Waals surface area contributed by atoms with Gasteiger partial charge in [0.1, 0.15) is 5.82 Å². The highest BCUT2D eigenvalue weighted by atomic mass is 79.9. The van der Waals surface area contributed by atoms with Gasteiger partial charge in [0.2, 0.25) is 0 Å². The van der Waals surface area contributed by atoms with Crippen molar-refractivity contribution in [3.05, 3.63) is 57.2 Å². The van der Waals surface area contributed by atoms with Crippen LogP contribution < -0.4 is 10.1 Å². The van der Waals surface area contributed by atoms with Gasteiger partial charge in [0.15, 0.2) is 16.7 Å². The lowest BCUT2D eigenvalue weighted by Gasteiger charge is -2.08. The van der Waals surface area contributed by atoms with Gasteiger partial charge in [-0.15, -0.1) is 0 Å². The van der Waals surface area contributed by atoms with Crippen molar-refractivity contribution in [2.24, 2.45) is 4.99 Å². The average Bonchev–Trinajstić information content (AvgIpc) is 2.93. The van der Waals surface area contributed by atoms with E-state index >= 15 is 0 Å². The van der Waals surface area contributed by atoms with Gasteiger partial charge in [0, 0.05) is 4.47 Å². The highest BCUT2D eigenvalue weighted by Crippen LogP contribution is 2.36. The first kappa shape index (κ1) is 18.5. The Morgan fingerprint density at radius 3 is 2.77 bits per heavy atom. The molecule has 0 aromatic heterocycles. The first-order valence-corrected chi connectivity index (χ1v) is 9.27. The van der Waals surface area contributed by atoms with Crippen LogP contribution in [0.15, 0.2) is 50.8 Å². The maximum Gasteiger partial charge on any atom is 0.264 e. The van der Waals surface area contributed by atoms with Crippen LogP contribution in [-0.2, 0) is 4.79 Å². The smallest absolute Gasteiger partial charge is 0.264 e. The van der Waals surface area contributed by atoms with Crippen LogP contribution in [0, 0.1) is 5.82 Å². The molecule has 1 aliphatic heterocycles. The number of nitrogens with zero attached hydrogens (tertiary/aromatic N) is 1. The molecule has 8 heteroatoms. The third-order valence-electron chi connectivity index (χ3n) is 3.37. The van der Waals surface area contributed by atoms with Crippen LogP contribution in [0.3, 0.4) is 0 Å². The van der Waals surface area contributed by atoms with Gasteiger partial charge < -0.3 is 15.2 Å². The second-order valence-corrected chi connectivity index (χ2v) is 7.12. The highest BCUT2D eigenvalue weighted by molar-refractivity contribution is 9.10. The molecule has 2 aromatic rings. The lowest BCUT2D eigenvalue weighted by Crippen LogP contribution is -2.19. The first-order chi connectivity index (χ1) is 12.5. The summed E-state index contributed by atoms with van der Waals surface area (Å²) < 4.78 is 19.0. The van der Waals surface area contributed by atoms with E-state index in [1.165, 1.54) is 42.1 Å². The van der Waals surface area contributed by atoms with Gasteiger partial charge in [0.05, 0.1) is 17.2 Å². The lowest BCUT2D eigenvalue weighted by atomic mass is 10.2. The number of carbonyl (C=O) groups excluding carboxylic acids is 1. The van der Waals surface area contributed by atoms with Crippen molar-refractivity contribution in [3.8, 4) is 11.5 Å². The van der Waals surface area contributed by atoms with Crippen molar-refractivity contribution >= 4 is 50.5 Å². The summed E-state index contributed by atoms with van der Waals surface area (Å²) in [5.74, 6) is -0.275. The fourth-order valence-electron chi connectivity index (χ4n) is 2.19. The maximum absolute atomic E-state index is 13.0. The number of carbonyl (C=O) groups is 1. The van der Waals surface area contributed by atoms with Gasteiger partial charge >= 0.3 is 0 Å². The number of rotatable bonds is 4. The number of phenols is 1. The zero-order valence-corrected chi connectivity index (χ0v) is 16.0. The number of aromatic hydroxyl groups is 1. The number of amides is 1. The van der Waals surface area contributed by atoms with Crippen LogP contribution in [0.2, 0.25) is 0 Å². The molecule has 1 heterocycles. The quantitative estimate of drug-likeness (QED) is 0.687. The van der Waals surface area contributed by atoms with Crippen LogP contribution in [0.1, 0.15) is 12.5 Å². The van der Waals surface area contributed by atoms with E-state index in [2.05, 4.69) is 26.2 Å². The summed E-state index contributed by atoms with van der Waals surface area (Å²) in [6.45, 7) is 2.23. The molecule has 0 spiro atoms. The van der Waals surface area contributed by atoms with Crippen molar-refractivity contribution in [2.45, 2.75) is 6.92 Å². The zero-order valence-electron chi connectivity index (χ0n) is 13.6. The Balaban J connectivity index is 1.87. The number of nitrogens with one attached hydrogen (secondary N) is 1. The van der Waals surface area contributed by atoms with E-state index in [1.807, 2.05) is 6.92 Å². The predicted octanol–water partition coefficient (Wildman–Crippen LogP) is 4.58. The molecule has 0 bridgehead atoms. The molecule has 0 unspecified atom stereocenters. The fraction of sp³-hybridized carbons (Fsp3) is 0.111. The SMILES string of the molecule is CCOc1cc(/C=C2/SC(=Nc3ccc(F)cc3)NC2=O)c(Br)cc1O. The van der Waals surface area contributed by atoms with E-state index in [4.69, 9.17) is 4.74 Å². The molecular weight excluding hydrogens is 423 g/mol. The summed E-state index contributed by atoms with van der Waals surface area (Å²) in [4.78, 5) is 16.9. The number of thioether (sulfide) groups is 1. The minimum atomic E-state index is -0.347. The van der Waals surface area contributed by atoms with Gasteiger partial charge in [-0.3, -0.25) is 4.79 Å². The standard InChI is InChI=1S/C18H14BrFN2O3S/c1-2-25-15-7-10(13(19)9-14(15)23)8-16-17(24)22-18(26-16)21-12-5-3-11(20)4-6-12/h3-9,23H,2H2,1H3,(H,21,22,24)/b16-8+. The molecule has 1 saturated heterocycles. The normalized spacial score (nSPS) is 17.0.